The van der Waals surface area contributed by atoms with Crippen molar-refractivity contribution in [2.24, 2.45) is 0 Å². The Morgan fingerprint density at radius 3 is 1.97 bits per heavy atom. The molecule has 1 saturated heterocycles. The minimum absolute atomic E-state index is 0.126. The number of benzene rings is 2. The number of esters is 2. The van der Waals surface area contributed by atoms with E-state index in [9.17, 15) is 14.7 Å². The predicted octanol–water partition coefficient (Wildman–Crippen LogP) is 3.87. The van der Waals surface area contributed by atoms with Gasteiger partial charge in [0.05, 0.1) is 24.3 Å². The maximum Gasteiger partial charge on any atom is 0.338 e. The highest BCUT2D eigenvalue weighted by Gasteiger charge is 2.51. The molecule has 5 atom stereocenters. The first kappa shape index (κ1) is 26.0. The van der Waals surface area contributed by atoms with E-state index >= 15 is 0 Å². The fourth-order valence-electron chi connectivity index (χ4n) is 3.57. The zero-order chi connectivity index (χ0) is 24.5. The minimum atomic E-state index is -1.02. The quantitative estimate of drug-likeness (QED) is 0.400. The van der Waals surface area contributed by atoms with Gasteiger partial charge in [0, 0.05) is 5.25 Å². The Bertz CT molecular complexity index is 935. The van der Waals surface area contributed by atoms with Crippen molar-refractivity contribution in [3.8, 4) is 0 Å². The largest absolute Gasteiger partial charge is 0.453 e. The molecule has 34 heavy (non-hydrogen) atoms. The Balaban J connectivity index is 1.93. The van der Waals surface area contributed by atoms with E-state index in [4.69, 9.17) is 18.9 Å². The first-order valence-corrected chi connectivity index (χ1v) is 12.0. The smallest absolute Gasteiger partial charge is 0.338 e. The van der Waals surface area contributed by atoms with Gasteiger partial charge in [0.25, 0.3) is 0 Å². The van der Waals surface area contributed by atoms with Gasteiger partial charge in [-0.1, -0.05) is 56.3 Å². The van der Waals surface area contributed by atoms with Crippen molar-refractivity contribution in [3.05, 3.63) is 84.4 Å². The average molecular weight is 487 g/mol. The topological polar surface area (TPSA) is 91.3 Å². The zero-order valence-corrected chi connectivity index (χ0v) is 20.1. The summed E-state index contributed by atoms with van der Waals surface area (Å²) >= 11 is 1.44. The molecule has 182 valence electrons. The van der Waals surface area contributed by atoms with Crippen molar-refractivity contribution >= 4 is 23.7 Å². The molecule has 7 nitrogen and oxygen atoms in total. The van der Waals surface area contributed by atoms with Crippen molar-refractivity contribution < 1.29 is 33.6 Å². The molecule has 1 aliphatic rings. The Morgan fingerprint density at radius 1 is 0.971 bits per heavy atom. The number of carbonyl (C=O) groups is 2. The molecule has 1 heterocycles. The van der Waals surface area contributed by atoms with Crippen LogP contribution in [0.3, 0.4) is 0 Å². The van der Waals surface area contributed by atoms with Gasteiger partial charge in [-0.25, -0.2) is 9.59 Å². The van der Waals surface area contributed by atoms with E-state index in [-0.39, 0.29) is 11.9 Å². The number of hydrogen-bond acceptors (Lipinski definition) is 8. The molecule has 1 aliphatic heterocycles. The van der Waals surface area contributed by atoms with Crippen LogP contribution in [0, 0.1) is 0 Å². The molecule has 0 bridgehead atoms. The lowest BCUT2D eigenvalue weighted by Crippen LogP contribution is -2.61. The number of carbonyl (C=O) groups excluding carboxylic acids is 2. The summed E-state index contributed by atoms with van der Waals surface area (Å²) in [5, 5.41) is 10.2. The second-order valence-electron chi connectivity index (χ2n) is 7.97. The molecule has 0 spiro atoms. The molecule has 0 aliphatic carbocycles. The Morgan fingerprint density at radius 2 is 1.50 bits per heavy atom. The second-order valence-corrected chi connectivity index (χ2v) is 9.65. The van der Waals surface area contributed by atoms with Crippen LogP contribution in [-0.2, 0) is 18.9 Å². The molecular formula is C26H30O7S. The monoisotopic (exact) mass is 486 g/mol. The van der Waals surface area contributed by atoms with Crippen LogP contribution < -0.4 is 0 Å². The van der Waals surface area contributed by atoms with Crippen LogP contribution in [0.15, 0.2) is 73.3 Å². The van der Waals surface area contributed by atoms with Gasteiger partial charge in [0.1, 0.15) is 17.6 Å². The fraction of sp³-hybridized carbons (Fsp3) is 0.385. The lowest BCUT2D eigenvalue weighted by molar-refractivity contribution is -0.218. The normalized spacial score (nSPS) is 24.4. The Hall–Kier alpha value is -2.65. The molecular weight excluding hydrogens is 456 g/mol. The fourth-order valence-corrected chi connectivity index (χ4v) is 4.68. The number of rotatable bonds is 10. The predicted molar refractivity (Wildman–Crippen MR) is 130 cm³/mol. The van der Waals surface area contributed by atoms with Crippen molar-refractivity contribution in [2.75, 3.05) is 13.2 Å². The Kier molecular flexibility index (Phi) is 9.71. The second kappa shape index (κ2) is 12.7. The number of ether oxygens (including phenoxy) is 4. The first-order valence-electron chi connectivity index (χ1n) is 11.1. The lowest BCUT2D eigenvalue weighted by atomic mass is 9.99. The van der Waals surface area contributed by atoms with Crippen molar-refractivity contribution in [1.29, 1.82) is 0 Å². The highest BCUT2D eigenvalue weighted by atomic mass is 32.2. The molecule has 2 aromatic carbocycles. The minimum Gasteiger partial charge on any atom is -0.453 e. The third-order valence-electron chi connectivity index (χ3n) is 5.09. The summed E-state index contributed by atoms with van der Waals surface area (Å²) in [5.41, 5.74) is 0.0739. The number of aliphatic hydroxyl groups is 1. The summed E-state index contributed by atoms with van der Waals surface area (Å²) in [6.45, 7) is 7.38. The van der Waals surface area contributed by atoms with Crippen LogP contribution in [-0.4, -0.2) is 65.4 Å². The van der Waals surface area contributed by atoms with Crippen LogP contribution in [0.25, 0.3) is 0 Å². The molecule has 0 radical (unpaired) electrons. The van der Waals surface area contributed by atoms with Crippen LogP contribution in [0.1, 0.15) is 34.6 Å². The summed E-state index contributed by atoms with van der Waals surface area (Å²) < 4.78 is 23.8. The van der Waals surface area contributed by atoms with Crippen LogP contribution >= 0.6 is 11.8 Å². The molecule has 0 amide bonds. The van der Waals surface area contributed by atoms with E-state index in [1.807, 2.05) is 13.8 Å². The van der Waals surface area contributed by atoms with Crippen molar-refractivity contribution in [1.82, 2.24) is 0 Å². The number of thioether (sulfide) groups is 1. The van der Waals surface area contributed by atoms with Crippen molar-refractivity contribution in [3.63, 3.8) is 0 Å². The summed E-state index contributed by atoms with van der Waals surface area (Å²) in [6, 6.07) is 17.1. The van der Waals surface area contributed by atoms with Gasteiger partial charge < -0.3 is 24.1 Å². The molecule has 3 rings (SSSR count). The summed E-state index contributed by atoms with van der Waals surface area (Å²) in [4.78, 5) is 25.8. The molecule has 1 fully saturated rings. The molecule has 2 aromatic rings. The molecule has 0 aromatic heterocycles. The van der Waals surface area contributed by atoms with Gasteiger partial charge in [-0.2, -0.15) is 0 Å². The van der Waals surface area contributed by atoms with E-state index in [1.165, 1.54) is 11.8 Å². The van der Waals surface area contributed by atoms with E-state index in [0.29, 0.717) is 11.1 Å². The van der Waals surface area contributed by atoms with Gasteiger partial charge in [0.15, 0.2) is 12.2 Å². The third kappa shape index (κ3) is 6.70. The maximum absolute atomic E-state index is 12.9. The third-order valence-corrected chi connectivity index (χ3v) is 6.28. The molecule has 0 unspecified atom stereocenters. The molecule has 0 saturated carbocycles. The van der Waals surface area contributed by atoms with E-state index in [2.05, 4.69) is 6.58 Å². The van der Waals surface area contributed by atoms with Gasteiger partial charge in [-0.3, -0.25) is 0 Å². The highest BCUT2D eigenvalue weighted by Crippen LogP contribution is 2.36. The summed E-state index contributed by atoms with van der Waals surface area (Å²) in [6.07, 6.45) is -2.13. The maximum atomic E-state index is 12.9. The van der Waals surface area contributed by atoms with E-state index in [0.717, 1.165) is 0 Å². The van der Waals surface area contributed by atoms with Crippen LogP contribution in [0.5, 0.6) is 0 Å². The van der Waals surface area contributed by atoms with Crippen LogP contribution in [0.2, 0.25) is 0 Å². The number of hydrogen-bond donors (Lipinski definition) is 1. The zero-order valence-electron chi connectivity index (χ0n) is 19.2. The van der Waals surface area contributed by atoms with Gasteiger partial charge in [-0.15, -0.1) is 18.3 Å². The first-order chi connectivity index (χ1) is 16.4. The summed E-state index contributed by atoms with van der Waals surface area (Å²) in [5.74, 6) is -1.14. The van der Waals surface area contributed by atoms with Crippen molar-refractivity contribution in [2.45, 2.75) is 48.9 Å². The van der Waals surface area contributed by atoms with Gasteiger partial charge in [0.2, 0.25) is 0 Å². The van der Waals surface area contributed by atoms with Gasteiger partial charge in [-0.05, 0) is 24.3 Å². The standard InChI is InChI=1S/C26H30O7S/c1-4-15-30-22-21(32-24(28)18-11-7-5-8-12-18)20(16-27)31-26(34-17(2)3)23(22)33-25(29)19-13-9-6-10-14-19/h4-14,17,20-23,26-27H,1,15-16H2,2-3H3/t20-,21+,22+,23-,26+/m1/s1. The van der Waals surface area contributed by atoms with Crippen LogP contribution in [0.4, 0.5) is 0 Å². The molecule has 8 heteroatoms. The SMILES string of the molecule is C=CCO[C@H]1[C@@H](OC(=O)c2ccccc2)[C@@H](CO)O[C@@H](SC(C)C)[C@@H]1OC(=O)c1ccccc1. The Labute approximate surface area is 204 Å². The molecule has 1 N–H and O–H groups in total. The van der Waals surface area contributed by atoms with Gasteiger partial charge >= 0.3 is 11.9 Å². The number of aliphatic hydroxyl groups excluding tert-OH is 1. The highest BCUT2D eigenvalue weighted by molar-refractivity contribution is 8.00. The van der Waals surface area contributed by atoms with E-state index < -0.39 is 48.4 Å². The average Bonchev–Trinajstić information content (AvgIpc) is 2.85. The lowest BCUT2D eigenvalue weighted by Gasteiger charge is -2.45. The summed E-state index contributed by atoms with van der Waals surface area (Å²) in [7, 11) is 0. The van der Waals surface area contributed by atoms with E-state index in [1.54, 1.807) is 66.7 Å².